The molecule has 0 aromatic carbocycles. The van der Waals surface area contributed by atoms with Crippen molar-refractivity contribution < 1.29 is 15.0 Å². The largest absolute Gasteiger partial charge is 0.481 e. The van der Waals surface area contributed by atoms with Crippen LogP contribution in [0.2, 0.25) is 0 Å². The summed E-state index contributed by atoms with van der Waals surface area (Å²) in [6, 6.07) is 0. The standard InChI is InChI=1S/C12H20N2O3/c1-9-11(8-12(16)17)10(2)14(13-9)6-4-3-5-7-15/h15H,3-8H2,1-2H3,(H,16,17). The van der Waals surface area contributed by atoms with Crippen LogP contribution in [0.1, 0.15) is 36.2 Å². The average molecular weight is 240 g/mol. The van der Waals surface area contributed by atoms with Crippen LogP contribution in [-0.4, -0.2) is 32.6 Å². The van der Waals surface area contributed by atoms with Crippen molar-refractivity contribution in [3.05, 3.63) is 17.0 Å². The highest BCUT2D eigenvalue weighted by atomic mass is 16.4. The van der Waals surface area contributed by atoms with E-state index in [1.807, 2.05) is 18.5 Å². The second kappa shape index (κ2) is 6.39. The minimum absolute atomic E-state index is 0.0360. The highest BCUT2D eigenvalue weighted by Crippen LogP contribution is 2.14. The van der Waals surface area contributed by atoms with E-state index in [-0.39, 0.29) is 13.0 Å². The molecule has 0 spiro atoms. The van der Waals surface area contributed by atoms with Gasteiger partial charge >= 0.3 is 5.97 Å². The Morgan fingerprint density at radius 1 is 1.29 bits per heavy atom. The van der Waals surface area contributed by atoms with Crippen molar-refractivity contribution in [1.82, 2.24) is 9.78 Å². The van der Waals surface area contributed by atoms with Gasteiger partial charge in [0.2, 0.25) is 0 Å². The third kappa shape index (κ3) is 3.85. The average Bonchev–Trinajstić information content (AvgIpc) is 2.52. The van der Waals surface area contributed by atoms with Gasteiger partial charge in [-0.15, -0.1) is 0 Å². The summed E-state index contributed by atoms with van der Waals surface area (Å²) in [6.45, 7) is 4.76. The summed E-state index contributed by atoms with van der Waals surface area (Å²) in [5.74, 6) is -0.823. The van der Waals surface area contributed by atoms with Crippen molar-refractivity contribution in [3.8, 4) is 0 Å². The number of aliphatic hydroxyl groups is 1. The lowest BCUT2D eigenvalue weighted by Gasteiger charge is -2.04. The second-order valence-electron chi connectivity index (χ2n) is 4.23. The molecule has 96 valence electrons. The van der Waals surface area contributed by atoms with Crippen molar-refractivity contribution in [1.29, 1.82) is 0 Å². The van der Waals surface area contributed by atoms with Crippen LogP contribution in [0.25, 0.3) is 0 Å². The van der Waals surface area contributed by atoms with Gasteiger partial charge in [0.25, 0.3) is 0 Å². The molecule has 0 fully saturated rings. The number of nitrogens with zero attached hydrogens (tertiary/aromatic N) is 2. The van der Waals surface area contributed by atoms with E-state index in [4.69, 9.17) is 10.2 Å². The maximum Gasteiger partial charge on any atom is 0.307 e. The Hall–Kier alpha value is -1.36. The SMILES string of the molecule is Cc1nn(CCCCCO)c(C)c1CC(=O)O. The van der Waals surface area contributed by atoms with Gasteiger partial charge in [0, 0.05) is 24.4 Å². The van der Waals surface area contributed by atoms with Gasteiger partial charge < -0.3 is 10.2 Å². The smallest absolute Gasteiger partial charge is 0.307 e. The number of hydrogen-bond acceptors (Lipinski definition) is 3. The topological polar surface area (TPSA) is 75.3 Å². The van der Waals surface area contributed by atoms with Gasteiger partial charge in [0.15, 0.2) is 0 Å². The highest BCUT2D eigenvalue weighted by molar-refractivity contribution is 5.70. The predicted octanol–water partition coefficient (Wildman–Crippen LogP) is 1.29. The molecular formula is C12H20N2O3. The molecule has 1 aromatic rings. The van der Waals surface area contributed by atoms with Crippen molar-refractivity contribution in [2.75, 3.05) is 6.61 Å². The van der Waals surface area contributed by atoms with Crippen LogP contribution in [0.3, 0.4) is 0 Å². The van der Waals surface area contributed by atoms with E-state index in [0.717, 1.165) is 42.8 Å². The molecule has 0 aliphatic carbocycles. The monoisotopic (exact) mass is 240 g/mol. The molecule has 0 aliphatic heterocycles. The number of rotatable bonds is 7. The van der Waals surface area contributed by atoms with Crippen molar-refractivity contribution >= 4 is 5.97 Å². The first kappa shape index (κ1) is 13.7. The molecule has 0 unspecified atom stereocenters. The molecule has 0 atom stereocenters. The fourth-order valence-corrected chi connectivity index (χ4v) is 1.91. The highest BCUT2D eigenvalue weighted by Gasteiger charge is 2.13. The number of carboxylic acid groups (broad SMARTS) is 1. The van der Waals surface area contributed by atoms with Crippen LogP contribution < -0.4 is 0 Å². The molecule has 1 rings (SSSR count). The molecule has 0 aliphatic rings. The maximum absolute atomic E-state index is 10.7. The minimum atomic E-state index is -0.823. The molecule has 0 amide bonds. The Labute approximate surface area is 101 Å². The lowest BCUT2D eigenvalue weighted by atomic mass is 10.1. The quantitative estimate of drug-likeness (QED) is 0.704. The van der Waals surface area contributed by atoms with Gasteiger partial charge in [0.05, 0.1) is 12.1 Å². The fourth-order valence-electron chi connectivity index (χ4n) is 1.91. The molecule has 0 radical (unpaired) electrons. The predicted molar refractivity (Wildman–Crippen MR) is 64.0 cm³/mol. The number of aliphatic hydroxyl groups excluding tert-OH is 1. The third-order valence-electron chi connectivity index (χ3n) is 2.89. The Kier molecular flexibility index (Phi) is 5.15. The molecule has 0 saturated carbocycles. The summed E-state index contributed by atoms with van der Waals surface area (Å²) < 4.78 is 1.87. The van der Waals surface area contributed by atoms with Crippen LogP contribution in [-0.2, 0) is 17.8 Å². The molecule has 5 heteroatoms. The zero-order chi connectivity index (χ0) is 12.8. The van der Waals surface area contributed by atoms with Crippen LogP contribution >= 0.6 is 0 Å². The Bertz CT molecular complexity index is 385. The Balaban J connectivity index is 2.64. The molecular weight excluding hydrogens is 220 g/mol. The number of carbonyl (C=O) groups is 1. The van der Waals surface area contributed by atoms with Crippen LogP contribution in [0.4, 0.5) is 0 Å². The van der Waals surface area contributed by atoms with E-state index < -0.39 is 5.97 Å². The lowest BCUT2D eigenvalue weighted by Crippen LogP contribution is -2.05. The minimum Gasteiger partial charge on any atom is -0.481 e. The van der Waals surface area contributed by atoms with Gasteiger partial charge in [0.1, 0.15) is 0 Å². The van der Waals surface area contributed by atoms with Gasteiger partial charge in [-0.2, -0.15) is 5.10 Å². The van der Waals surface area contributed by atoms with E-state index in [9.17, 15) is 4.79 Å². The summed E-state index contributed by atoms with van der Waals surface area (Å²) in [7, 11) is 0. The molecule has 2 N–H and O–H groups in total. The van der Waals surface area contributed by atoms with E-state index in [1.165, 1.54) is 0 Å². The number of carboxylic acids is 1. The van der Waals surface area contributed by atoms with E-state index in [2.05, 4.69) is 5.10 Å². The summed E-state index contributed by atoms with van der Waals surface area (Å²) in [5.41, 5.74) is 2.56. The lowest BCUT2D eigenvalue weighted by molar-refractivity contribution is -0.136. The van der Waals surface area contributed by atoms with Crippen molar-refractivity contribution in [3.63, 3.8) is 0 Å². The molecule has 1 aromatic heterocycles. The van der Waals surface area contributed by atoms with Gasteiger partial charge in [-0.05, 0) is 33.1 Å². The first-order chi connectivity index (χ1) is 8.06. The van der Waals surface area contributed by atoms with Gasteiger partial charge in [-0.25, -0.2) is 0 Å². The van der Waals surface area contributed by atoms with E-state index >= 15 is 0 Å². The second-order valence-corrected chi connectivity index (χ2v) is 4.23. The zero-order valence-electron chi connectivity index (χ0n) is 10.4. The zero-order valence-corrected chi connectivity index (χ0v) is 10.4. The Morgan fingerprint density at radius 2 is 2.00 bits per heavy atom. The first-order valence-electron chi connectivity index (χ1n) is 5.91. The van der Waals surface area contributed by atoms with Gasteiger partial charge in [-0.3, -0.25) is 9.48 Å². The van der Waals surface area contributed by atoms with E-state index in [0.29, 0.717) is 0 Å². The molecule has 0 bridgehead atoms. The number of aromatic nitrogens is 2. The van der Waals surface area contributed by atoms with E-state index in [1.54, 1.807) is 0 Å². The van der Waals surface area contributed by atoms with Crippen LogP contribution in [0, 0.1) is 13.8 Å². The summed E-state index contributed by atoms with van der Waals surface area (Å²) in [5, 5.41) is 21.8. The maximum atomic E-state index is 10.7. The normalized spacial score (nSPS) is 10.8. The van der Waals surface area contributed by atoms with Crippen molar-refractivity contribution in [2.45, 2.75) is 46.1 Å². The molecule has 1 heterocycles. The first-order valence-corrected chi connectivity index (χ1v) is 5.91. The van der Waals surface area contributed by atoms with Gasteiger partial charge in [-0.1, -0.05) is 0 Å². The third-order valence-corrected chi connectivity index (χ3v) is 2.89. The molecule has 0 saturated heterocycles. The summed E-state index contributed by atoms with van der Waals surface area (Å²) >= 11 is 0. The van der Waals surface area contributed by atoms with Crippen LogP contribution in [0.5, 0.6) is 0 Å². The Morgan fingerprint density at radius 3 is 2.59 bits per heavy atom. The van der Waals surface area contributed by atoms with Crippen molar-refractivity contribution in [2.24, 2.45) is 0 Å². The number of unbranched alkanes of at least 4 members (excludes halogenated alkanes) is 2. The fraction of sp³-hybridized carbons (Fsp3) is 0.667. The summed E-state index contributed by atoms with van der Waals surface area (Å²) in [6.07, 6.45) is 2.76. The number of aryl methyl sites for hydroxylation is 2. The molecule has 17 heavy (non-hydrogen) atoms. The van der Waals surface area contributed by atoms with Crippen LogP contribution in [0.15, 0.2) is 0 Å². The number of hydrogen-bond donors (Lipinski definition) is 2. The molecule has 5 nitrogen and oxygen atoms in total. The number of aliphatic carboxylic acids is 1. The summed E-state index contributed by atoms with van der Waals surface area (Å²) in [4.78, 5) is 10.7.